The second-order valence-electron chi connectivity index (χ2n) is 3.31. The van der Waals surface area contributed by atoms with Crippen molar-refractivity contribution >= 4 is 12.0 Å². The lowest BCUT2D eigenvalue weighted by Gasteiger charge is -2.06. The molecule has 0 aliphatic carbocycles. The molecule has 2 N–H and O–H groups in total. The average molecular weight is 263 g/mol. The number of nitrogens with one attached hydrogen (secondary N) is 1. The zero-order chi connectivity index (χ0) is 13.9. The Morgan fingerprint density at radius 2 is 1.67 bits per heavy atom. The molecule has 0 radical (unpaired) electrons. The van der Waals surface area contributed by atoms with E-state index in [9.17, 15) is 22.4 Å². The van der Waals surface area contributed by atoms with Gasteiger partial charge in [0.15, 0.2) is 23.3 Å². The number of halogens is 4. The molecule has 3 nitrogen and oxygen atoms in total. The molecule has 98 valence electrons. The van der Waals surface area contributed by atoms with Crippen molar-refractivity contribution in [3.05, 3.63) is 40.5 Å². The van der Waals surface area contributed by atoms with Crippen LogP contribution in [0.1, 0.15) is 15.9 Å². The molecule has 0 aliphatic heterocycles. The van der Waals surface area contributed by atoms with E-state index in [1.807, 2.05) is 0 Å². The lowest BCUT2D eigenvalue weighted by molar-refractivity contribution is 0.0683. The Balaban J connectivity index is 3.44. The predicted octanol–water partition coefficient (Wildman–Crippen LogP) is 2.17. The standard InChI is InChI=1S/C11H9F4NO2/c1-16-4-2-3-5-7(12)9(14)6(11(17)18)10(15)8(5)13/h2-3,16H,4H2,1H3,(H,17,18). The van der Waals surface area contributed by atoms with Gasteiger partial charge >= 0.3 is 5.97 Å². The van der Waals surface area contributed by atoms with Gasteiger partial charge in [0.05, 0.1) is 5.56 Å². The van der Waals surface area contributed by atoms with Crippen LogP contribution in [-0.4, -0.2) is 24.7 Å². The summed E-state index contributed by atoms with van der Waals surface area (Å²) in [6, 6.07) is 0. The van der Waals surface area contributed by atoms with Gasteiger partial charge in [-0.05, 0) is 7.05 Å². The topological polar surface area (TPSA) is 49.3 Å². The first kappa shape index (κ1) is 14.2. The summed E-state index contributed by atoms with van der Waals surface area (Å²) >= 11 is 0. The Morgan fingerprint density at radius 3 is 2.06 bits per heavy atom. The number of carboxylic acids is 1. The molecule has 0 bridgehead atoms. The Bertz CT molecular complexity index is 485. The van der Waals surface area contributed by atoms with E-state index in [4.69, 9.17) is 5.11 Å². The highest BCUT2D eigenvalue weighted by atomic mass is 19.2. The maximum atomic E-state index is 13.4. The summed E-state index contributed by atoms with van der Waals surface area (Å²) in [6.45, 7) is 0.225. The van der Waals surface area contributed by atoms with E-state index in [0.29, 0.717) is 0 Å². The molecule has 0 amide bonds. The van der Waals surface area contributed by atoms with E-state index >= 15 is 0 Å². The number of aromatic carboxylic acids is 1. The summed E-state index contributed by atoms with van der Waals surface area (Å²) < 4.78 is 53.2. The molecule has 0 unspecified atom stereocenters. The maximum absolute atomic E-state index is 13.4. The molecule has 1 aromatic rings. The lowest BCUT2D eigenvalue weighted by Crippen LogP contribution is -2.11. The number of benzene rings is 1. The van der Waals surface area contributed by atoms with Crippen LogP contribution in [-0.2, 0) is 0 Å². The van der Waals surface area contributed by atoms with Crippen molar-refractivity contribution in [1.82, 2.24) is 5.32 Å². The van der Waals surface area contributed by atoms with E-state index in [1.54, 1.807) is 7.05 Å². The molecule has 0 saturated carbocycles. The van der Waals surface area contributed by atoms with Crippen LogP contribution >= 0.6 is 0 Å². The Morgan fingerprint density at radius 1 is 1.17 bits per heavy atom. The van der Waals surface area contributed by atoms with Gasteiger partial charge in [0, 0.05) is 6.54 Å². The van der Waals surface area contributed by atoms with Gasteiger partial charge in [-0.25, -0.2) is 22.4 Å². The third-order valence-corrected chi connectivity index (χ3v) is 2.12. The molecule has 18 heavy (non-hydrogen) atoms. The minimum absolute atomic E-state index is 0.225. The third-order valence-electron chi connectivity index (χ3n) is 2.12. The van der Waals surface area contributed by atoms with Crippen LogP contribution < -0.4 is 5.32 Å². The van der Waals surface area contributed by atoms with E-state index in [1.165, 1.54) is 6.08 Å². The number of likely N-dealkylation sites (N-methyl/N-ethyl adjacent to an activating group) is 1. The number of carboxylic acid groups (broad SMARTS) is 1. The normalized spacial score (nSPS) is 11.2. The molecule has 7 heteroatoms. The number of hydrogen-bond donors (Lipinski definition) is 2. The predicted molar refractivity (Wildman–Crippen MR) is 56.2 cm³/mol. The van der Waals surface area contributed by atoms with Gasteiger partial charge in [-0.2, -0.15) is 0 Å². The fourth-order valence-electron chi connectivity index (χ4n) is 1.28. The van der Waals surface area contributed by atoms with Crippen molar-refractivity contribution in [2.75, 3.05) is 13.6 Å². The zero-order valence-electron chi connectivity index (χ0n) is 9.23. The van der Waals surface area contributed by atoms with Crippen LogP contribution in [0, 0.1) is 23.3 Å². The van der Waals surface area contributed by atoms with Gasteiger partial charge < -0.3 is 10.4 Å². The van der Waals surface area contributed by atoms with Crippen molar-refractivity contribution in [1.29, 1.82) is 0 Å². The molecular weight excluding hydrogens is 254 g/mol. The molecule has 1 aromatic carbocycles. The van der Waals surface area contributed by atoms with Crippen LogP contribution in [0.5, 0.6) is 0 Å². The quantitative estimate of drug-likeness (QED) is 0.646. The Kier molecular flexibility index (Phi) is 4.43. The molecule has 0 heterocycles. The molecule has 0 atom stereocenters. The van der Waals surface area contributed by atoms with Gasteiger partial charge in [-0.3, -0.25) is 0 Å². The van der Waals surface area contributed by atoms with Gasteiger partial charge in [0.2, 0.25) is 0 Å². The minimum Gasteiger partial charge on any atom is -0.477 e. The van der Waals surface area contributed by atoms with Gasteiger partial charge in [-0.15, -0.1) is 0 Å². The van der Waals surface area contributed by atoms with Gasteiger partial charge in [0.1, 0.15) is 5.56 Å². The fourth-order valence-corrected chi connectivity index (χ4v) is 1.28. The fraction of sp³-hybridized carbons (Fsp3) is 0.182. The third kappa shape index (κ3) is 2.51. The molecule has 0 spiro atoms. The van der Waals surface area contributed by atoms with E-state index in [-0.39, 0.29) is 6.54 Å². The molecular formula is C11H9F4NO2. The van der Waals surface area contributed by atoms with E-state index < -0.39 is 40.4 Å². The molecule has 0 fully saturated rings. The maximum Gasteiger partial charge on any atom is 0.341 e. The highest BCUT2D eigenvalue weighted by Crippen LogP contribution is 2.25. The Labute approximate surface area is 99.7 Å². The number of rotatable bonds is 4. The molecule has 0 saturated heterocycles. The SMILES string of the molecule is CNCC=Cc1c(F)c(F)c(C(=O)O)c(F)c1F. The van der Waals surface area contributed by atoms with Crippen LogP contribution in [0.3, 0.4) is 0 Å². The number of hydrogen-bond acceptors (Lipinski definition) is 2. The molecule has 0 aliphatic rings. The van der Waals surface area contributed by atoms with Crippen molar-refractivity contribution in [2.45, 2.75) is 0 Å². The average Bonchev–Trinajstić information content (AvgIpc) is 2.31. The van der Waals surface area contributed by atoms with Crippen LogP contribution in [0.15, 0.2) is 6.08 Å². The summed E-state index contributed by atoms with van der Waals surface area (Å²) in [6.07, 6.45) is 2.07. The lowest BCUT2D eigenvalue weighted by atomic mass is 10.1. The summed E-state index contributed by atoms with van der Waals surface area (Å²) in [5.74, 6) is -9.40. The van der Waals surface area contributed by atoms with Crippen molar-refractivity contribution in [3.8, 4) is 0 Å². The summed E-state index contributed by atoms with van der Waals surface area (Å²) in [7, 11) is 1.56. The second-order valence-corrected chi connectivity index (χ2v) is 3.31. The zero-order valence-corrected chi connectivity index (χ0v) is 9.23. The highest BCUT2D eigenvalue weighted by Gasteiger charge is 2.27. The number of carbonyl (C=O) groups is 1. The van der Waals surface area contributed by atoms with Crippen molar-refractivity contribution < 1.29 is 27.5 Å². The monoisotopic (exact) mass is 263 g/mol. The van der Waals surface area contributed by atoms with Gasteiger partial charge in [-0.1, -0.05) is 12.2 Å². The smallest absolute Gasteiger partial charge is 0.341 e. The van der Waals surface area contributed by atoms with E-state index in [2.05, 4.69) is 5.32 Å². The van der Waals surface area contributed by atoms with Crippen molar-refractivity contribution in [3.63, 3.8) is 0 Å². The summed E-state index contributed by atoms with van der Waals surface area (Å²) in [4.78, 5) is 10.5. The molecule has 0 aromatic heterocycles. The van der Waals surface area contributed by atoms with Gasteiger partial charge in [0.25, 0.3) is 0 Å². The first-order chi connectivity index (χ1) is 8.41. The van der Waals surface area contributed by atoms with Crippen LogP contribution in [0.4, 0.5) is 17.6 Å². The van der Waals surface area contributed by atoms with Crippen LogP contribution in [0.2, 0.25) is 0 Å². The molecule has 1 rings (SSSR count). The van der Waals surface area contributed by atoms with E-state index in [0.717, 1.165) is 6.08 Å². The largest absolute Gasteiger partial charge is 0.477 e. The Hall–Kier alpha value is -1.89. The van der Waals surface area contributed by atoms with Crippen molar-refractivity contribution in [2.24, 2.45) is 0 Å². The minimum atomic E-state index is -2.08. The van der Waals surface area contributed by atoms with Crippen LogP contribution in [0.25, 0.3) is 6.08 Å². The first-order valence-electron chi connectivity index (χ1n) is 4.82. The first-order valence-corrected chi connectivity index (χ1v) is 4.82. The summed E-state index contributed by atoms with van der Waals surface area (Å²) in [5.41, 5.74) is -2.60. The second kappa shape index (κ2) is 5.63. The highest BCUT2D eigenvalue weighted by molar-refractivity contribution is 5.88. The summed E-state index contributed by atoms with van der Waals surface area (Å²) in [5, 5.41) is 11.1.